The second-order valence-electron chi connectivity index (χ2n) is 6.12. The lowest BCUT2D eigenvalue weighted by Gasteiger charge is -2.29. The molecule has 0 spiro atoms. The molecule has 30 heavy (non-hydrogen) atoms. The fourth-order valence-corrected chi connectivity index (χ4v) is 3.73. The lowest BCUT2D eigenvalue weighted by atomic mass is 10.1. The molecule has 156 valence electrons. The van der Waals surface area contributed by atoms with E-state index in [0.29, 0.717) is 45.5 Å². The minimum absolute atomic E-state index is 0.00220. The van der Waals surface area contributed by atoms with Gasteiger partial charge in [0.1, 0.15) is 17.1 Å². The number of anilines is 1. The average Bonchev–Trinajstić information content (AvgIpc) is 2.70. The predicted octanol–water partition coefficient (Wildman–Crippen LogP) is 4.73. The Kier molecular flexibility index (Phi) is 7.12. The predicted molar refractivity (Wildman–Crippen MR) is 124 cm³/mol. The van der Waals surface area contributed by atoms with Crippen molar-refractivity contribution in [1.29, 1.82) is 0 Å². The molecule has 0 bridgehead atoms. The van der Waals surface area contributed by atoms with E-state index >= 15 is 0 Å². The van der Waals surface area contributed by atoms with Crippen molar-refractivity contribution >= 4 is 68.4 Å². The van der Waals surface area contributed by atoms with Gasteiger partial charge < -0.3 is 9.47 Å². The molecule has 1 N–H and O–H groups in total. The number of thiocarbonyl (C=S) groups is 1. The lowest BCUT2D eigenvalue weighted by molar-refractivity contribution is -0.122. The van der Waals surface area contributed by atoms with Gasteiger partial charge in [-0.15, -0.1) is 0 Å². The van der Waals surface area contributed by atoms with E-state index in [9.17, 15) is 9.59 Å². The molecule has 0 aliphatic carbocycles. The highest BCUT2D eigenvalue weighted by Gasteiger charge is 2.34. The first kappa shape index (κ1) is 22.3. The van der Waals surface area contributed by atoms with Crippen molar-refractivity contribution in [2.24, 2.45) is 0 Å². The number of amides is 2. The molecule has 0 unspecified atom stereocenters. The van der Waals surface area contributed by atoms with Crippen molar-refractivity contribution in [3.8, 4) is 11.5 Å². The van der Waals surface area contributed by atoms with Crippen molar-refractivity contribution in [3.63, 3.8) is 0 Å². The van der Waals surface area contributed by atoms with Crippen LogP contribution in [0.2, 0.25) is 5.02 Å². The number of carbonyl (C=O) groups is 2. The summed E-state index contributed by atoms with van der Waals surface area (Å²) in [7, 11) is 0. The number of hydrogen-bond donors (Lipinski definition) is 1. The normalized spacial score (nSPS) is 15.4. The summed E-state index contributed by atoms with van der Waals surface area (Å²) in [6, 6.07) is 10.0. The Morgan fingerprint density at radius 1 is 1.10 bits per heavy atom. The van der Waals surface area contributed by atoms with Crippen LogP contribution in [-0.2, 0) is 9.59 Å². The molecule has 9 heteroatoms. The maximum atomic E-state index is 13.2. The van der Waals surface area contributed by atoms with Gasteiger partial charge in [0, 0.05) is 16.7 Å². The van der Waals surface area contributed by atoms with E-state index in [2.05, 4.69) is 21.2 Å². The van der Waals surface area contributed by atoms with Gasteiger partial charge in [-0.25, -0.2) is 0 Å². The number of carbonyl (C=O) groups excluding carboxylic acids is 2. The monoisotopic (exact) mass is 508 g/mol. The number of nitrogens with zero attached hydrogens (tertiary/aromatic N) is 1. The van der Waals surface area contributed by atoms with Crippen LogP contribution in [0.3, 0.4) is 0 Å². The zero-order valence-electron chi connectivity index (χ0n) is 16.2. The largest absolute Gasteiger partial charge is 0.493 e. The highest BCUT2D eigenvalue weighted by molar-refractivity contribution is 9.10. The summed E-state index contributed by atoms with van der Waals surface area (Å²) >= 11 is 14.6. The average molecular weight is 510 g/mol. The van der Waals surface area contributed by atoms with Gasteiger partial charge in [-0.05, 0) is 78.4 Å². The Morgan fingerprint density at radius 2 is 1.73 bits per heavy atom. The number of hydrogen-bond acceptors (Lipinski definition) is 5. The quantitative estimate of drug-likeness (QED) is 0.346. The molecule has 2 aromatic carbocycles. The van der Waals surface area contributed by atoms with Crippen LogP contribution in [0.1, 0.15) is 19.4 Å². The van der Waals surface area contributed by atoms with E-state index < -0.39 is 11.8 Å². The van der Waals surface area contributed by atoms with E-state index in [1.54, 1.807) is 36.4 Å². The third-order valence-electron chi connectivity index (χ3n) is 4.15. The second-order valence-corrected chi connectivity index (χ2v) is 7.80. The molecule has 1 heterocycles. The van der Waals surface area contributed by atoms with Crippen LogP contribution in [0.5, 0.6) is 11.5 Å². The number of benzene rings is 2. The molecule has 1 fully saturated rings. The van der Waals surface area contributed by atoms with Crippen molar-refractivity contribution in [1.82, 2.24) is 5.32 Å². The smallest absolute Gasteiger partial charge is 0.270 e. The minimum atomic E-state index is -0.581. The minimum Gasteiger partial charge on any atom is -0.493 e. The van der Waals surface area contributed by atoms with Crippen LogP contribution >= 0.6 is 39.7 Å². The molecule has 1 saturated heterocycles. The molecule has 1 aliphatic rings. The molecule has 2 amide bonds. The third kappa shape index (κ3) is 4.66. The van der Waals surface area contributed by atoms with Crippen LogP contribution in [-0.4, -0.2) is 30.1 Å². The summed E-state index contributed by atoms with van der Waals surface area (Å²) in [5.41, 5.74) is 0.975. The maximum Gasteiger partial charge on any atom is 0.270 e. The molecule has 0 saturated carbocycles. The second kappa shape index (κ2) is 9.59. The van der Waals surface area contributed by atoms with Gasteiger partial charge in [0.15, 0.2) is 5.11 Å². The molecule has 0 aromatic heterocycles. The highest BCUT2D eigenvalue weighted by atomic mass is 79.9. The Hall–Kier alpha value is -2.42. The molecule has 0 atom stereocenters. The fraction of sp³-hybridized carbons (Fsp3) is 0.190. The third-order valence-corrected chi connectivity index (χ3v) is 5.31. The first-order valence-electron chi connectivity index (χ1n) is 9.11. The molecule has 0 radical (unpaired) electrons. The number of halogens is 2. The van der Waals surface area contributed by atoms with Crippen molar-refractivity contribution in [3.05, 3.63) is 57.0 Å². The molecular weight excluding hydrogens is 492 g/mol. The van der Waals surface area contributed by atoms with E-state index in [1.165, 1.54) is 11.0 Å². The zero-order valence-corrected chi connectivity index (χ0v) is 19.4. The lowest BCUT2D eigenvalue weighted by Crippen LogP contribution is -2.54. The van der Waals surface area contributed by atoms with Crippen LogP contribution in [0, 0.1) is 0 Å². The molecule has 3 rings (SSSR count). The highest BCUT2D eigenvalue weighted by Crippen LogP contribution is 2.35. The van der Waals surface area contributed by atoms with Crippen molar-refractivity contribution < 1.29 is 19.1 Å². The Balaban J connectivity index is 2.05. The fourth-order valence-electron chi connectivity index (χ4n) is 2.85. The van der Waals surface area contributed by atoms with Gasteiger partial charge in [0.2, 0.25) is 0 Å². The van der Waals surface area contributed by atoms with Crippen molar-refractivity contribution in [2.75, 3.05) is 18.1 Å². The Labute approximate surface area is 192 Å². The summed E-state index contributed by atoms with van der Waals surface area (Å²) in [5.74, 6) is -0.0314. The van der Waals surface area contributed by atoms with Gasteiger partial charge in [-0.1, -0.05) is 11.6 Å². The number of nitrogens with one attached hydrogen (secondary N) is 1. The molecule has 6 nitrogen and oxygen atoms in total. The summed E-state index contributed by atoms with van der Waals surface area (Å²) in [6.07, 6.45) is 1.48. The van der Waals surface area contributed by atoms with E-state index in [-0.39, 0.29) is 10.7 Å². The van der Waals surface area contributed by atoms with Crippen molar-refractivity contribution in [2.45, 2.75) is 13.8 Å². The van der Waals surface area contributed by atoms with E-state index in [0.717, 1.165) is 0 Å². The van der Waals surface area contributed by atoms with Gasteiger partial charge in [0.05, 0.1) is 23.4 Å². The van der Waals surface area contributed by atoms with E-state index in [4.69, 9.17) is 33.3 Å². The van der Waals surface area contributed by atoms with Gasteiger partial charge in [-0.2, -0.15) is 0 Å². The first-order chi connectivity index (χ1) is 14.3. The van der Waals surface area contributed by atoms with Crippen LogP contribution < -0.4 is 19.7 Å². The summed E-state index contributed by atoms with van der Waals surface area (Å²) in [5, 5.41) is 3.08. The summed E-state index contributed by atoms with van der Waals surface area (Å²) in [4.78, 5) is 27.0. The maximum absolute atomic E-state index is 13.2. The Bertz CT molecular complexity index is 1040. The van der Waals surface area contributed by atoms with Crippen LogP contribution in [0.15, 0.2) is 46.4 Å². The van der Waals surface area contributed by atoms with Gasteiger partial charge in [-0.3, -0.25) is 19.8 Å². The first-order valence-corrected chi connectivity index (χ1v) is 10.7. The van der Waals surface area contributed by atoms with Gasteiger partial charge >= 0.3 is 0 Å². The zero-order chi connectivity index (χ0) is 21.8. The van der Waals surface area contributed by atoms with Crippen LogP contribution in [0.25, 0.3) is 6.08 Å². The summed E-state index contributed by atoms with van der Waals surface area (Å²) < 4.78 is 11.9. The number of ether oxygens (including phenoxy) is 2. The summed E-state index contributed by atoms with van der Waals surface area (Å²) in [6.45, 7) is 4.62. The van der Waals surface area contributed by atoms with Crippen LogP contribution in [0.4, 0.5) is 5.69 Å². The standard InChI is InChI=1S/C21H18BrClN2O4S/c1-3-28-17-11-18(29-4-2)16(22)10-12(17)9-15-19(26)24-21(30)25(20(15)27)14-7-5-13(23)6-8-14/h5-11H,3-4H2,1-2H3,(H,24,26,30)/b15-9-. The Morgan fingerprint density at radius 3 is 2.37 bits per heavy atom. The topological polar surface area (TPSA) is 67.9 Å². The number of rotatable bonds is 6. The van der Waals surface area contributed by atoms with E-state index in [1.807, 2.05) is 13.8 Å². The van der Waals surface area contributed by atoms with Gasteiger partial charge in [0.25, 0.3) is 11.8 Å². The molecule has 1 aliphatic heterocycles. The molecule has 2 aromatic rings. The SMILES string of the molecule is CCOc1cc(OCC)c(/C=C2/C(=O)NC(=S)N(c3ccc(Cl)cc3)C2=O)cc1Br. The molecular formula is C21H18BrClN2O4S.